The number of thioether (sulfide) groups is 1. The number of nitrogens with zero attached hydrogens (tertiary/aromatic N) is 1. The molecule has 0 radical (unpaired) electrons. The summed E-state index contributed by atoms with van der Waals surface area (Å²) in [5.41, 5.74) is 3.51. The number of nitrogens with one attached hydrogen (secondary N) is 1. The monoisotopic (exact) mass is 380 g/mol. The van der Waals surface area contributed by atoms with E-state index in [0.29, 0.717) is 0 Å². The lowest BCUT2D eigenvalue weighted by Crippen LogP contribution is -2.20. The van der Waals surface area contributed by atoms with Crippen molar-refractivity contribution >= 4 is 39.4 Å². The zero-order valence-electron chi connectivity index (χ0n) is 16.5. The summed E-state index contributed by atoms with van der Waals surface area (Å²) in [7, 11) is 3.96. The van der Waals surface area contributed by atoms with Gasteiger partial charge in [0.05, 0.1) is 0 Å². The number of hydrogen-bond donors (Lipinski definition) is 1. The van der Waals surface area contributed by atoms with E-state index in [4.69, 9.17) is 0 Å². The molecule has 0 aliphatic rings. The first-order chi connectivity index (χ1) is 13.0. The molecule has 0 spiro atoms. The fourth-order valence-corrected chi connectivity index (χ4v) is 3.32. The van der Waals surface area contributed by atoms with E-state index in [2.05, 4.69) is 71.9 Å². The van der Waals surface area contributed by atoms with Crippen molar-refractivity contribution < 1.29 is 4.79 Å². The zero-order valence-corrected chi connectivity index (χ0v) is 17.3. The maximum Gasteiger partial charge on any atom is 0.185 e. The number of rotatable bonds is 8. The van der Waals surface area contributed by atoms with E-state index in [0.717, 1.165) is 17.9 Å². The zero-order chi connectivity index (χ0) is 19.6. The lowest BCUT2D eigenvalue weighted by molar-refractivity contribution is -0.109. The average molecular weight is 381 g/mol. The fraction of sp³-hybridized carbons (Fsp3) is 0.261. The number of carbonyl (C=O) groups excluding carboxylic acids is 1. The summed E-state index contributed by atoms with van der Waals surface area (Å²) in [6.45, 7) is 4.50. The smallest absolute Gasteiger partial charge is 0.185 e. The maximum atomic E-state index is 11.1. The van der Waals surface area contributed by atoms with Crippen LogP contribution in [0, 0.1) is 0 Å². The van der Waals surface area contributed by atoms with Crippen LogP contribution in [-0.4, -0.2) is 31.5 Å². The Bertz CT molecular complexity index is 868. The van der Waals surface area contributed by atoms with Crippen LogP contribution < -0.4 is 10.2 Å². The van der Waals surface area contributed by atoms with E-state index in [-0.39, 0.29) is 5.12 Å². The molecule has 0 saturated heterocycles. The Labute approximate surface area is 166 Å². The van der Waals surface area contributed by atoms with E-state index in [1.165, 1.54) is 33.8 Å². The fourth-order valence-electron chi connectivity index (χ4n) is 2.67. The van der Waals surface area contributed by atoms with Gasteiger partial charge in [0.25, 0.3) is 0 Å². The number of hydrogen-bond acceptors (Lipinski definition) is 4. The third-order valence-electron chi connectivity index (χ3n) is 4.26. The molecule has 0 bridgehead atoms. The molecule has 2 aromatic rings. The molecule has 0 atom stereocenters. The lowest BCUT2D eigenvalue weighted by Gasteiger charge is -2.19. The summed E-state index contributed by atoms with van der Waals surface area (Å²) in [4.78, 5) is 13.3. The van der Waals surface area contributed by atoms with Gasteiger partial charge < -0.3 is 10.2 Å². The third kappa shape index (κ3) is 6.65. The Morgan fingerprint density at radius 2 is 1.89 bits per heavy atom. The Morgan fingerprint density at radius 1 is 1.15 bits per heavy atom. The van der Waals surface area contributed by atoms with Gasteiger partial charge in [0.15, 0.2) is 5.12 Å². The van der Waals surface area contributed by atoms with Crippen LogP contribution >= 0.6 is 11.8 Å². The number of allylic oxidation sites excluding steroid dienone is 4. The van der Waals surface area contributed by atoms with Crippen molar-refractivity contribution in [3.63, 3.8) is 0 Å². The molecular weight excluding hydrogens is 352 g/mol. The van der Waals surface area contributed by atoms with E-state index >= 15 is 0 Å². The van der Waals surface area contributed by atoms with Crippen LogP contribution in [-0.2, 0) is 4.79 Å². The molecule has 0 aliphatic heterocycles. The summed E-state index contributed by atoms with van der Waals surface area (Å²) in [6, 6.07) is 13.0. The van der Waals surface area contributed by atoms with Crippen LogP contribution in [0.25, 0.3) is 16.8 Å². The van der Waals surface area contributed by atoms with Crippen molar-refractivity contribution in [3.05, 3.63) is 72.0 Å². The van der Waals surface area contributed by atoms with Crippen molar-refractivity contribution in [1.82, 2.24) is 5.32 Å². The maximum absolute atomic E-state index is 11.1. The molecule has 2 aromatic carbocycles. The molecule has 27 heavy (non-hydrogen) atoms. The van der Waals surface area contributed by atoms with Gasteiger partial charge in [0, 0.05) is 39.0 Å². The van der Waals surface area contributed by atoms with Crippen LogP contribution in [0.1, 0.15) is 19.4 Å². The minimum absolute atomic E-state index is 0.171. The molecule has 3 nitrogen and oxygen atoms in total. The highest BCUT2D eigenvalue weighted by Gasteiger charge is 2.04. The van der Waals surface area contributed by atoms with Crippen LogP contribution in [0.15, 0.2) is 66.4 Å². The van der Waals surface area contributed by atoms with Gasteiger partial charge in [-0.3, -0.25) is 4.79 Å². The number of anilines is 1. The van der Waals surface area contributed by atoms with Gasteiger partial charge in [-0.25, -0.2) is 0 Å². The van der Waals surface area contributed by atoms with Gasteiger partial charge >= 0.3 is 0 Å². The molecule has 2 rings (SSSR count). The lowest BCUT2D eigenvalue weighted by atomic mass is 10.0. The van der Waals surface area contributed by atoms with Crippen molar-refractivity contribution in [2.45, 2.75) is 13.8 Å². The van der Waals surface area contributed by atoms with Crippen molar-refractivity contribution in [1.29, 1.82) is 0 Å². The molecule has 4 heteroatoms. The topological polar surface area (TPSA) is 32.3 Å². The first-order valence-corrected chi connectivity index (χ1v) is 10.1. The van der Waals surface area contributed by atoms with Crippen LogP contribution in [0.5, 0.6) is 0 Å². The standard InChI is InChI=1S/C23H28N2OS/c1-5-19(12-13-24-3)6-7-20-8-9-22-17-23(11-10-21(22)16-20)25(4)14-15-27-18(2)26/h5-13,16-17,24H,14-15H2,1-4H3/b7-6+,13-12-,19-5-. The number of benzene rings is 2. The quantitative estimate of drug-likeness (QED) is 0.634. The Morgan fingerprint density at radius 3 is 2.59 bits per heavy atom. The number of fused-ring (bicyclic) bond motifs is 1. The Kier molecular flexibility index (Phi) is 8.21. The third-order valence-corrected chi connectivity index (χ3v) is 5.06. The van der Waals surface area contributed by atoms with E-state index in [1.54, 1.807) is 6.92 Å². The van der Waals surface area contributed by atoms with Gasteiger partial charge in [0.2, 0.25) is 0 Å². The average Bonchev–Trinajstić information content (AvgIpc) is 2.67. The first kappa shape index (κ1) is 20.8. The predicted octanol–water partition coefficient (Wildman–Crippen LogP) is 5.25. The van der Waals surface area contributed by atoms with E-state index in [1.807, 2.05) is 26.2 Å². The van der Waals surface area contributed by atoms with Gasteiger partial charge in [-0.05, 0) is 59.3 Å². The summed E-state index contributed by atoms with van der Waals surface area (Å²) in [5.74, 6) is 0.808. The normalized spacial score (nSPS) is 12.2. The second-order valence-electron chi connectivity index (χ2n) is 6.30. The molecule has 0 fully saturated rings. The van der Waals surface area contributed by atoms with Crippen molar-refractivity contribution in [3.8, 4) is 0 Å². The Balaban J connectivity index is 2.12. The largest absolute Gasteiger partial charge is 0.394 e. The number of carbonyl (C=O) groups is 1. The van der Waals surface area contributed by atoms with E-state index in [9.17, 15) is 4.79 Å². The molecular formula is C23H28N2OS. The van der Waals surface area contributed by atoms with Crippen molar-refractivity contribution in [2.75, 3.05) is 31.3 Å². The Hall–Kier alpha value is -2.46. The molecule has 0 saturated carbocycles. The van der Waals surface area contributed by atoms with Crippen LogP contribution in [0.3, 0.4) is 0 Å². The van der Waals surface area contributed by atoms with Crippen LogP contribution in [0.4, 0.5) is 5.69 Å². The molecule has 0 unspecified atom stereocenters. The van der Waals surface area contributed by atoms with Gasteiger partial charge in [0.1, 0.15) is 0 Å². The molecule has 0 heterocycles. The van der Waals surface area contributed by atoms with Crippen molar-refractivity contribution in [2.24, 2.45) is 0 Å². The molecule has 0 amide bonds. The molecule has 0 aromatic heterocycles. The summed E-state index contributed by atoms with van der Waals surface area (Å²) < 4.78 is 0. The first-order valence-electron chi connectivity index (χ1n) is 9.10. The molecule has 142 valence electrons. The highest BCUT2D eigenvalue weighted by Crippen LogP contribution is 2.23. The molecule has 1 N–H and O–H groups in total. The van der Waals surface area contributed by atoms with E-state index < -0.39 is 0 Å². The summed E-state index contributed by atoms with van der Waals surface area (Å²) >= 11 is 1.37. The van der Waals surface area contributed by atoms with Gasteiger partial charge in [-0.1, -0.05) is 48.2 Å². The second-order valence-corrected chi connectivity index (χ2v) is 7.57. The second kappa shape index (κ2) is 10.6. The minimum atomic E-state index is 0.171. The predicted molar refractivity (Wildman–Crippen MR) is 121 cm³/mol. The minimum Gasteiger partial charge on any atom is -0.394 e. The summed E-state index contributed by atoms with van der Waals surface area (Å²) in [5, 5.41) is 5.62. The highest BCUT2D eigenvalue weighted by atomic mass is 32.2. The van der Waals surface area contributed by atoms with Gasteiger partial charge in [-0.2, -0.15) is 0 Å². The van der Waals surface area contributed by atoms with Crippen LogP contribution in [0.2, 0.25) is 0 Å². The van der Waals surface area contributed by atoms with Gasteiger partial charge in [-0.15, -0.1) is 0 Å². The SMILES string of the molecule is C/C=C(\C=C/NC)/C=C/c1ccc2cc(N(C)CCSC(C)=O)ccc2c1. The molecule has 0 aliphatic carbocycles. The highest BCUT2D eigenvalue weighted by molar-refractivity contribution is 8.13. The summed E-state index contributed by atoms with van der Waals surface area (Å²) in [6.07, 6.45) is 10.3.